The molecule has 3 rings (SSSR count). The van der Waals surface area contributed by atoms with Crippen LogP contribution in [0.3, 0.4) is 0 Å². The molecule has 0 aliphatic carbocycles. The molecule has 0 saturated carbocycles. The van der Waals surface area contributed by atoms with E-state index in [1.54, 1.807) is 13.2 Å². The SMILES string of the molecule is COc1cc(C(=O)N2C[C@H](C)C[C@@H](C)C2)ccc1OCc1ccccc1. The molecule has 26 heavy (non-hydrogen) atoms. The van der Waals surface area contributed by atoms with Crippen LogP contribution in [0.5, 0.6) is 11.5 Å². The molecule has 0 aromatic heterocycles. The summed E-state index contributed by atoms with van der Waals surface area (Å²) in [6.07, 6.45) is 1.18. The molecule has 2 aromatic rings. The van der Waals surface area contributed by atoms with Crippen LogP contribution in [0.4, 0.5) is 0 Å². The van der Waals surface area contributed by atoms with Gasteiger partial charge in [-0.05, 0) is 42.0 Å². The molecule has 1 aliphatic rings. The van der Waals surface area contributed by atoms with Crippen LogP contribution in [0.2, 0.25) is 0 Å². The van der Waals surface area contributed by atoms with Crippen LogP contribution in [0.1, 0.15) is 36.2 Å². The van der Waals surface area contributed by atoms with Crippen LogP contribution < -0.4 is 9.47 Å². The molecule has 138 valence electrons. The summed E-state index contributed by atoms with van der Waals surface area (Å²) in [6, 6.07) is 15.4. The molecule has 0 bridgehead atoms. The number of ether oxygens (including phenoxy) is 2. The van der Waals surface area contributed by atoms with Crippen LogP contribution in [0.25, 0.3) is 0 Å². The van der Waals surface area contributed by atoms with Gasteiger partial charge < -0.3 is 14.4 Å². The zero-order chi connectivity index (χ0) is 18.5. The quantitative estimate of drug-likeness (QED) is 0.800. The highest BCUT2D eigenvalue weighted by Gasteiger charge is 2.26. The lowest BCUT2D eigenvalue weighted by Crippen LogP contribution is -2.42. The van der Waals surface area contributed by atoms with Gasteiger partial charge in [-0.15, -0.1) is 0 Å². The molecule has 1 heterocycles. The highest BCUT2D eigenvalue weighted by molar-refractivity contribution is 5.95. The number of piperidine rings is 1. The maximum Gasteiger partial charge on any atom is 0.254 e. The number of methoxy groups -OCH3 is 1. The van der Waals surface area contributed by atoms with Crippen molar-refractivity contribution in [3.63, 3.8) is 0 Å². The average Bonchev–Trinajstić information content (AvgIpc) is 2.65. The molecule has 1 aliphatic heterocycles. The van der Waals surface area contributed by atoms with E-state index in [0.717, 1.165) is 18.7 Å². The highest BCUT2D eigenvalue weighted by Crippen LogP contribution is 2.30. The van der Waals surface area contributed by atoms with E-state index >= 15 is 0 Å². The number of hydrogen-bond donors (Lipinski definition) is 0. The van der Waals surface area contributed by atoms with Crippen molar-refractivity contribution in [3.05, 3.63) is 59.7 Å². The monoisotopic (exact) mass is 353 g/mol. The Balaban J connectivity index is 1.72. The number of benzene rings is 2. The molecule has 1 saturated heterocycles. The number of nitrogens with zero attached hydrogens (tertiary/aromatic N) is 1. The Bertz CT molecular complexity index is 734. The van der Waals surface area contributed by atoms with E-state index in [4.69, 9.17) is 9.47 Å². The second kappa shape index (κ2) is 8.26. The van der Waals surface area contributed by atoms with Gasteiger partial charge in [0.1, 0.15) is 6.61 Å². The van der Waals surface area contributed by atoms with Gasteiger partial charge >= 0.3 is 0 Å². The van der Waals surface area contributed by atoms with Crippen LogP contribution in [-0.4, -0.2) is 31.0 Å². The number of carbonyl (C=O) groups excluding carboxylic acids is 1. The van der Waals surface area contributed by atoms with Gasteiger partial charge in [0.25, 0.3) is 5.91 Å². The van der Waals surface area contributed by atoms with Crippen LogP contribution >= 0.6 is 0 Å². The molecule has 0 spiro atoms. The number of amides is 1. The Morgan fingerprint density at radius 3 is 2.38 bits per heavy atom. The summed E-state index contributed by atoms with van der Waals surface area (Å²) >= 11 is 0. The first-order valence-electron chi connectivity index (χ1n) is 9.21. The molecule has 1 amide bonds. The van der Waals surface area contributed by atoms with Crippen molar-refractivity contribution in [1.29, 1.82) is 0 Å². The zero-order valence-electron chi connectivity index (χ0n) is 15.8. The Morgan fingerprint density at radius 1 is 1.04 bits per heavy atom. The van der Waals surface area contributed by atoms with Gasteiger partial charge in [-0.25, -0.2) is 0 Å². The predicted molar refractivity (Wildman–Crippen MR) is 103 cm³/mol. The van der Waals surface area contributed by atoms with Crippen LogP contribution in [0, 0.1) is 11.8 Å². The van der Waals surface area contributed by atoms with Crippen LogP contribution in [0.15, 0.2) is 48.5 Å². The Morgan fingerprint density at radius 2 is 1.73 bits per heavy atom. The van der Waals surface area contributed by atoms with E-state index in [1.165, 1.54) is 6.42 Å². The topological polar surface area (TPSA) is 38.8 Å². The van der Waals surface area contributed by atoms with Gasteiger partial charge in [-0.1, -0.05) is 44.2 Å². The van der Waals surface area contributed by atoms with Crippen LogP contribution in [-0.2, 0) is 6.61 Å². The average molecular weight is 353 g/mol. The largest absolute Gasteiger partial charge is 0.493 e. The van der Waals surface area contributed by atoms with E-state index in [9.17, 15) is 4.79 Å². The fraction of sp³-hybridized carbons (Fsp3) is 0.409. The van der Waals surface area contributed by atoms with Crippen molar-refractivity contribution < 1.29 is 14.3 Å². The smallest absolute Gasteiger partial charge is 0.254 e. The summed E-state index contributed by atoms with van der Waals surface area (Å²) < 4.78 is 11.3. The molecule has 2 aromatic carbocycles. The zero-order valence-corrected chi connectivity index (χ0v) is 15.8. The van der Waals surface area contributed by atoms with Crippen molar-refractivity contribution in [2.75, 3.05) is 20.2 Å². The first kappa shape index (κ1) is 18.3. The summed E-state index contributed by atoms with van der Waals surface area (Å²) in [4.78, 5) is 14.8. The predicted octanol–water partition coefficient (Wildman–Crippen LogP) is 4.39. The molecule has 0 N–H and O–H groups in total. The fourth-order valence-corrected chi connectivity index (χ4v) is 3.67. The molecule has 2 atom stereocenters. The number of hydrogen-bond acceptors (Lipinski definition) is 3. The molecule has 0 unspecified atom stereocenters. The lowest BCUT2D eigenvalue weighted by Gasteiger charge is -2.35. The number of likely N-dealkylation sites (tertiary alicyclic amines) is 1. The van der Waals surface area contributed by atoms with Gasteiger partial charge in [-0.3, -0.25) is 4.79 Å². The number of carbonyl (C=O) groups is 1. The Kier molecular flexibility index (Phi) is 5.82. The summed E-state index contributed by atoms with van der Waals surface area (Å²) in [5.74, 6) is 2.38. The van der Waals surface area contributed by atoms with E-state index in [1.807, 2.05) is 47.4 Å². The third kappa shape index (κ3) is 4.37. The fourth-order valence-electron chi connectivity index (χ4n) is 3.67. The summed E-state index contributed by atoms with van der Waals surface area (Å²) in [5.41, 5.74) is 1.74. The molecule has 4 nitrogen and oxygen atoms in total. The third-order valence-corrected chi connectivity index (χ3v) is 4.80. The second-order valence-corrected chi connectivity index (χ2v) is 7.30. The lowest BCUT2D eigenvalue weighted by molar-refractivity contribution is 0.0622. The first-order valence-corrected chi connectivity index (χ1v) is 9.21. The standard InChI is InChI=1S/C22H27NO3/c1-16-11-17(2)14-23(13-16)22(24)19-9-10-20(21(12-19)25-3)26-15-18-7-5-4-6-8-18/h4-10,12,16-17H,11,13-15H2,1-3H3/t16-,17-/m1/s1. The summed E-state index contributed by atoms with van der Waals surface area (Å²) in [5, 5.41) is 0. The van der Waals surface area contributed by atoms with Crippen molar-refractivity contribution in [1.82, 2.24) is 4.90 Å². The minimum absolute atomic E-state index is 0.0660. The van der Waals surface area contributed by atoms with Gasteiger partial charge in [0.05, 0.1) is 7.11 Å². The molecule has 4 heteroatoms. The minimum Gasteiger partial charge on any atom is -0.493 e. The van der Waals surface area contributed by atoms with Gasteiger partial charge in [0.15, 0.2) is 11.5 Å². The van der Waals surface area contributed by atoms with E-state index in [-0.39, 0.29) is 5.91 Å². The normalized spacial score (nSPS) is 19.9. The third-order valence-electron chi connectivity index (χ3n) is 4.80. The summed E-state index contributed by atoms with van der Waals surface area (Å²) in [7, 11) is 1.60. The van der Waals surface area contributed by atoms with E-state index in [0.29, 0.717) is 35.5 Å². The molecule has 0 radical (unpaired) electrons. The lowest BCUT2D eigenvalue weighted by atomic mass is 9.91. The molecular formula is C22H27NO3. The van der Waals surface area contributed by atoms with Gasteiger partial charge in [0, 0.05) is 18.7 Å². The van der Waals surface area contributed by atoms with Crippen molar-refractivity contribution in [2.45, 2.75) is 26.9 Å². The summed E-state index contributed by atoms with van der Waals surface area (Å²) in [6.45, 7) is 6.51. The maximum absolute atomic E-state index is 12.9. The minimum atomic E-state index is 0.0660. The number of rotatable bonds is 5. The molecule has 1 fully saturated rings. The van der Waals surface area contributed by atoms with E-state index in [2.05, 4.69) is 13.8 Å². The van der Waals surface area contributed by atoms with Crippen molar-refractivity contribution in [2.24, 2.45) is 11.8 Å². The van der Waals surface area contributed by atoms with E-state index < -0.39 is 0 Å². The Labute approximate surface area is 155 Å². The Hall–Kier alpha value is -2.49. The molecular weight excluding hydrogens is 326 g/mol. The first-order chi connectivity index (χ1) is 12.6. The van der Waals surface area contributed by atoms with Gasteiger partial charge in [-0.2, -0.15) is 0 Å². The highest BCUT2D eigenvalue weighted by atomic mass is 16.5. The maximum atomic E-state index is 12.9. The van der Waals surface area contributed by atoms with Crippen molar-refractivity contribution >= 4 is 5.91 Å². The second-order valence-electron chi connectivity index (χ2n) is 7.30. The van der Waals surface area contributed by atoms with Crippen molar-refractivity contribution in [3.8, 4) is 11.5 Å². The van der Waals surface area contributed by atoms with Gasteiger partial charge in [0.2, 0.25) is 0 Å².